The zero-order valence-corrected chi connectivity index (χ0v) is 12.8. The van der Waals surface area contributed by atoms with Gasteiger partial charge in [0.25, 0.3) is 0 Å². The van der Waals surface area contributed by atoms with Gasteiger partial charge < -0.3 is 4.57 Å². The van der Waals surface area contributed by atoms with Crippen LogP contribution >= 0.6 is 11.8 Å². The predicted molar refractivity (Wildman–Crippen MR) is 85.0 cm³/mol. The molecule has 0 saturated heterocycles. The fraction of sp³-hybridized carbons (Fsp3) is 0.125. The molecule has 2 aromatic heterocycles. The van der Waals surface area contributed by atoms with Gasteiger partial charge in [0.05, 0.1) is 11.6 Å². The standard InChI is InChI=1S/C16H13N5S/c1-21-15(13-7-4-8-18-10-13)19-20-16(21)22-11-14-6-3-2-5-12(14)9-17/h2-8,10H,11H2,1H3. The predicted octanol–water partition coefficient (Wildman–Crippen LogP) is 3.04. The van der Waals surface area contributed by atoms with Crippen molar-refractivity contribution in [2.24, 2.45) is 7.05 Å². The summed E-state index contributed by atoms with van der Waals surface area (Å²) in [4.78, 5) is 4.10. The van der Waals surface area contributed by atoms with Gasteiger partial charge in [0.15, 0.2) is 11.0 Å². The molecule has 0 fully saturated rings. The first-order chi connectivity index (χ1) is 10.8. The summed E-state index contributed by atoms with van der Waals surface area (Å²) in [6, 6.07) is 13.6. The molecular formula is C16H13N5S. The zero-order chi connectivity index (χ0) is 15.4. The van der Waals surface area contributed by atoms with Gasteiger partial charge in [-0.1, -0.05) is 30.0 Å². The summed E-state index contributed by atoms with van der Waals surface area (Å²) in [5, 5.41) is 18.4. The first-order valence-corrected chi connectivity index (χ1v) is 7.68. The van der Waals surface area contributed by atoms with Gasteiger partial charge in [-0.2, -0.15) is 5.26 Å². The van der Waals surface area contributed by atoms with Crippen LogP contribution in [0.4, 0.5) is 0 Å². The Morgan fingerprint density at radius 3 is 2.82 bits per heavy atom. The summed E-state index contributed by atoms with van der Waals surface area (Å²) in [5.41, 5.74) is 2.63. The minimum absolute atomic E-state index is 0.683. The van der Waals surface area contributed by atoms with Crippen molar-refractivity contribution in [2.45, 2.75) is 10.9 Å². The van der Waals surface area contributed by atoms with Gasteiger partial charge in [-0.15, -0.1) is 10.2 Å². The molecule has 0 amide bonds. The van der Waals surface area contributed by atoms with Crippen molar-refractivity contribution in [3.05, 3.63) is 59.9 Å². The molecule has 5 nitrogen and oxygen atoms in total. The van der Waals surface area contributed by atoms with Crippen molar-refractivity contribution in [2.75, 3.05) is 0 Å². The molecule has 6 heteroatoms. The van der Waals surface area contributed by atoms with E-state index in [0.717, 1.165) is 22.1 Å². The fourth-order valence-corrected chi connectivity index (χ4v) is 3.00. The molecule has 22 heavy (non-hydrogen) atoms. The van der Waals surface area contributed by atoms with E-state index in [4.69, 9.17) is 5.26 Å². The Bertz CT molecular complexity index is 820. The second kappa shape index (κ2) is 6.41. The maximum atomic E-state index is 9.12. The molecule has 108 valence electrons. The van der Waals surface area contributed by atoms with E-state index in [9.17, 15) is 0 Å². The largest absolute Gasteiger partial charge is 0.305 e. The van der Waals surface area contributed by atoms with Gasteiger partial charge in [0.1, 0.15) is 0 Å². The molecule has 0 N–H and O–H groups in total. The number of pyridine rings is 1. The smallest absolute Gasteiger partial charge is 0.191 e. The van der Waals surface area contributed by atoms with Crippen LogP contribution in [0.1, 0.15) is 11.1 Å². The van der Waals surface area contributed by atoms with Crippen molar-refractivity contribution in [3.63, 3.8) is 0 Å². The molecule has 0 bridgehead atoms. The molecule has 0 aliphatic heterocycles. The topological polar surface area (TPSA) is 67.4 Å². The van der Waals surface area contributed by atoms with Crippen LogP contribution in [-0.4, -0.2) is 19.7 Å². The Balaban J connectivity index is 1.80. The van der Waals surface area contributed by atoms with E-state index in [1.165, 1.54) is 0 Å². The number of hydrogen-bond donors (Lipinski definition) is 0. The summed E-state index contributed by atoms with van der Waals surface area (Å²) in [5.74, 6) is 1.46. The van der Waals surface area contributed by atoms with Crippen LogP contribution in [0.3, 0.4) is 0 Å². The number of aromatic nitrogens is 4. The Labute approximate surface area is 132 Å². The minimum atomic E-state index is 0.683. The van der Waals surface area contributed by atoms with E-state index in [0.29, 0.717) is 11.3 Å². The lowest BCUT2D eigenvalue weighted by Gasteiger charge is -2.05. The number of benzene rings is 1. The third-order valence-electron chi connectivity index (χ3n) is 3.25. The van der Waals surface area contributed by atoms with Gasteiger partial charge in [-0.25, -0.2) is 0 Å². The monoisotopic (exact) mass is 307 g/mol. The Kier molecular flexibility index (Phi) is 4.17. The highest BCUT2D eigenvalue weighted by Crippen LogP contribution is 2.25. The maximum absolute atomic E-state index is 9.12. The molecule has 3 rings (SSSR count). The number of rotatable bonds is 4. The molecule has 2 heterocycles. The van der Waals surface area contributed by atoms with E-state index >= 15 is 0 Å². The molecule has 3 aromatic rings. The first-order valence-electron chi connectivity index (χ1n) is 6.70. The van der Waals surface area contributed by atoms with E-state index in [2.05, 4.69) is 21.3 Å². The van der Waals surface area contributed by atoms with E-state index < -0.39 is 0 Å². The third kappa shape index (κ3) is 2.85. The zero-order valence-electron chi connectivity index (χ0n) is 12.0. The highest BCUT2D eigenvalue weighted by Gasteiger charge is 2.12. The highest BCUT2D eigenvalue weighted by atomic mass is 32.2. The number of thioether (sulfide) groups is 1. The molecule has 0 spiro atoms. The van der Waals surface area contributed by atoms with Crippen LogP contribution in [0.15, 0.2) is 53.9 Å². The van der Waals surface area contributed by atoms with Crippen LogP contribution in [0.5, 0.6) is 0 Å². The van der Waals surface area contributed by atoms with Crippen LogP contribution in [0, 0.1) is 11.3 Å². The van der Waals surface area contributed by atoms with Crippen LogP contribution < -0.4 is 0 Å². The number of hydrogen-bond acceptors (Lipinski definition) is 5. The number of nitrogens with zero attached hydrogens (tertiary/aromatic N) is 5. The summed E-state index contributed by atoms with van der Waals surface area (Å²) >= 11 is 1.56. The fourth-order valence-electron chi connectivity index (χ4n) is 2.08. The Morgan fingerprint density at radius 2 is 2.05 bits per heavy atom. The summed E-state index contributed by atoms with van der Waals surface area (Å²) in [6.07, 6.45) is 3.50. The van der Waals surface area contributed by atoms with Crippen molar-refractivity contribution in [1.82, 2.24) is 19.7 Å². The lowest BCUT2D eigenvalue weighted by Crippen LogP contribution is -1.95. The SMILES string of the molecule is Cn1c(SCc2ccccc2C#N)nnc1-c1cccnc1. The molecule has 0 saturated carbocycles. The van der Waals surface area contributed by atoms with Gasteiger partial charge in [-0.05, 0) is 23.8 Å². The minimum Gasteiger partial charge on any atom is -0.305 e. The van der Waals surface area contributed by atoms with Gasteiger partial charge in [-0.3, -0.25) is 4.98 Å². The average molecular weight is 307 g/mol. The lowest BCUT2D eigenvalue weighted by atomic mass is 10.1. The molecule has 0 atom stereocenters. The van der Waals surface area contributed by atoms with Gasteiger partial charge in [0, 0.05) is 30.8 Å². The normalized spacial score (nSPS) is 10.4. The van der Waals surface area contributed by atoms with Gasteiger partial charge >= 0.3 is 0 Å². The summed E-state index contributed by atoms with van der Waals surface area (Å²) in [7, 11) is 1.93. The third-order valence-corrected chi connectivity index (χ3v) is 4.32. The summed E-state index contributed by atoms with van der Waals surface area (Å²) < 4.78 is 1.94. The van der Waals surface area contributed by atoms with E-state index in [-0.39, 0.29) is 0 Å². The molecule has 0 aliphatic carbocycles. The molecule has 0 unspecified atom stereocenters. The summed E-state index contributed by atoms with van der Waals surface area (Å²) in [6.45, 7) is 0. The van der Waals surface area contributed by atoms with Crippen molar-refractivity contribution in [1.29, 1.82) is 5.26 Å². The molecule has 0 radical (unpaired) electrons. The molecule has 0 aliphatic rings. The average Bonchev–Trinajstić information content (AvgIpc) is 2.95. The maximum Gasteiger partial charge on any atom is 0.191 e. The second-order valence-electron chi connectivity index (χ2n) is 4.66. The van der Waals surface area contributed by atoms with Crippen LogP contribution in [0.25, 0.3) is 11.4 Å². The molecular weight excluding hydrogens is 294 g/mol. The quantitative estimate of drug-likeness (QED) is 0.693. The van der Waals surface area contributed by atoms with Crippen molar-refractivity contribution < 1.29 is 0 Å². The van der Waals surface area contributed by atoms with E-state index in [1.54, 1.807) is 24.2 Å². The van der Waals surface area contributed by atoms with Crippen molar-refractivity contribution >= 4 is 11.8 Å². The second-order valence-corrected chi connectivity index (χ2v) is 5.61. The van der Waals surface area contributed by atoms with Gasteiger partial charge in [0.2, 0.25) is 0 Å². The van der Waals surface area contributed by atoms with E-state index in [1.807, 2.05) is 48.0 Å². The van der Waals surface area contributed by atoms with Crippen molar-refractivity contribution in [3.8, 4) is 17.5 Å². The Morgan fingerprint density at radius 1 is 1.18 bits per heavy atom. The lowest BCUT2D eigenvalue weighted by molar-refractivity contribution is 0.793. The number of nitriles is 1. The van der Waals surface area contributed by atoms with Crippen LogP contribution in [0.2, 0.25) is 0 Å². The Hall–Kier alpha value is -2.65. The van der Waals surface area contributed by atoms with Crippen LogP contribution in [-0.2, 0) is 12.8 Å². The highest BCUT2D eigenvalue weighted by molar-refractivity contribution is 7.98. The first kappa shape index (κ1) is 14.3. The molecule has 1 aromatic carbocycles.